The second kappa shape index (κ2) is 7.00. The van der Waals surface area contributed by atoms with Crippen LogP contribution >= 0.6 is 11.3 Å². The van der Waals surface area contributed by atoms with Crippen LogP contribution in [0.5, 0.6) is 0 Å². The predicted molar refractivity (Wildman–Crippen MR) is 95.2 cm³/mol. The fourth-order valence-electron chi connectivity index (χ4n) is 2.71. The van der Waals surface area contributed by atoms with Crippen molar-refractivity contribution in [1.29, 1.82) is 0 Å². The number of fused-ring (bicyclic) bond motifs is 1. The number of aromatic nitrogens is 2. The van der Waals surface area contributed by atoms with E-state index in [1.54, 1.807) is 17.4 Å². The first kappa shape index (κ1) is 17.7. The van der Waals surface area contributed by atoms with Crippen LogP contribution in [0.25, 0.3) is 10.2 Å². The lowest BCUT2D eigenvalue weighted by molar-refractivity contribution is -0.138. The summed E-state index contributed by atoms with van der Waals surface area (Å²) in [4.78, 5) is 11.0. The molecule has 1 aromatic carbocycles. The third-order valence-corrected chi connectivity index (χ3v) is 4.83. The summed E-state index contributed by atoms with van der Waals surface area (Å²) in [6.07, 6.45) is -3.36. The van der Waals surface area contributed by atoms with Crippen molar-refractivity contribution in [3.8, 4) is 0 Å². The zero-order chi connectivity index (χ0) is 18.0. The molecule has 2 heterocycles. The van der Waals surface area contributed by atoms with Gasteiger partial charge in [-0.05, 0) is 31.0 Å². The Hall–Kier alpha value is -2.15. The van der Waals surface area contributed by atoms with Crippen LogP contribution in [-0.2, 0) is 19.0 Å². The highest BCUT2D eigenvalue weighted by Crippen LogP contribution is 2.32. The van der Waals surface area contributed by atoms with E-state index in [0.29, 0.717) is 18.8 Å². The first-order valence-electron chi connectivity index (χ1n) is 8.04. The summed E-state index contributed by atoms with van der Waals surface area (Å²) in [7, 11) is 0. The zero-order valence-electron chi connectivity index (χ0n) is 13.9. The van der Waals surface area contributed by atoms with Crippen LogP contribution in [-0.4, -0.2) is 16.5 Å². The summed E-state index contributed by atoms with van der Waals surface area (Å²) < 4.78 is 39.2. The number of alkyl halides is 3. The van der Waals surface area contributed by atoms with Crippen LogP contribution in [0, 0.1) is 6.92 Å². The summed E-state index contributed by atoms with van der Waals surface area (Å²) >= 11 is 1.59. The van der Waals surface area contributed by atoms with Gasteiger partial charge in [-0.25, -0.2) is 9.97 Å². The van der Waals surface area contributed by atoms with Crippen molar-refractivity contribution in [3.63, 3.8) is 0 Å². The van der Waals surface area contributed by atoms with Crippen molar-refractivity contribution in [1.82, 2.24) is 9.97 Å². The summed E-state index contributed by atoms with van der Waals surface area (Å²) in [5, 5.41) is 4.11. The van der Waals surface area contributed by atoms with Crippen molar-refractivity contribution in [3.05, 3.63) is 52.2 Å². The molecule has 0 aliphatic rings. The normalized spacial score (nSPS) is 11.9. The molecule has 0 fully saturated rings. The van der Waals surface area contributed by atoms with Gasteiger partial charge >= 0.3 is 6.18 Å². The molecule has 0 amide bonds. The molecule has 2 aromatic heterocycles. The summed E-state index contributed by atoms with van der Waals surface area (Å²) in [6, 6.07) is 7.69. The maximum Gasteiger partial charge on any atom is 0.416 e. The van der Waals surface area contributed by atoms with Crippen molar-refractivity contribution >= 4 is 27.4 Å². The predicted octanol–water partition coefficient (Wildman–Crippen LogP) is 5.24. The van der Waals surface area contributed by atoms with Crippen LogP contribution in [0.4, 0.5) is 19.0 Å². The SMILES string of the molecule is CCc1nc(NCCc2ccccc2C(F)(F)F)c2cc(C)sc2n1. The third kappa shape index (κ3) is 3.92. The molecule has 132 valence electrons. The monoisotopic (exact) mass is 365 g/mol. The Morgan fingerprint density at radius 2 is 1.92 bits per heavy atom. The maximum absolute atomic E-state index is 13.1. The van der Waals surface area contributed by atoms with Gasteiger partial charge in [0.1, 0.15) is 16.5 Å². The summed E-state index contributed by atoms with van der Waals surface area (Å²) in [5.74, 6) is 1.42. The van der Waals surface area contributed by atoms with Crippen molar-refractivity contribution in [2.24, 2.45) is 0 Å². The Kier molecular flexibility index (Phi) is 4.94. The van der Waals surface area contributed by atoms with Crippen molar-refractivity contribution in [2.75, 3.05) is 11.9 Å². The number of aryl methyl sites for hydroxylation is 2. The first-order chi connectivity index (χ1) is 11.9. The van der Waals surface area contributed by atoms with E-state index in [0.717, 1.165) is 27.0 Å². The topological polar surface area (TPSA) is 37.8 Å². The van der Waals surface area contributed by atoms with Gasteiger partial charge in [0.2, 0.25) is 0 Å². The zero-order valence-corrected chi connectivity index (χ0v) is 14.8. The Balaban J connectivity index is 1.80. The molecule has 0 unspecified atom stereocenters. The fourth-order valence-corrected chi connectivity index (χ4v) is 3.61. The van der Waals surface area contributed by atoms with E-state index in [-0.39, 0.29) is 12.0 Å². The molecular weight excluding hydrogens is 347 g/mol. The van der Waals surface area contributed by atoms with Crippen LogP contribution < -0.4 is 5.32 Å². The van der Waals surface area contributed by atoms with Gasteiger partial charge in [-0.1, -0.05) is 25.1 Å². The lowest BCUT2D eigenvalue weighted by Gasteiger charge is -2.13. The summed E-state index contributed by atoms with van der Waals surface area (Å²) in [6.45, 7) is 4.35. The standard InChI is InChI=1S/C18H18F3N3S/c1-3-15-23-16(13-10-11(2)25-17(13)24-15)22-9-8-12-6-4-5-7-14(12)18(19,20)21/h4-7,10H,3,8-9H2,1-2H3,(H,22,23,24). The minimum Gasteiger partial charge on any atom is -0.369 e. The Bertz CT molecular complexity index is 887. The molecule has 0 spiro atoms. The Morgan fingerprint density at radius 3 is 2.64 bits per heavy atom. The van der Waals surface area contributed by atoms with Gasteiger partial charge in [-0.15, -0.1) is 11.3 Å². The highest BCUT2D eigenvalue weighted by Gasteiger charge is 2.32. The minimum absolute atomic E-state index is 0.270. The minimum atomic E-state index is -4.33. The van der Waals surface area contributed by atoms with Gasteiger partial charge in [0.05, 0.1) is 10.9 Å². The summed E-state index contributed by atoms with van der Waals surface area (Å²) in [5.41, 5.74) is -0.296. The number of thiophene rings is 1. The molecule has 0 bridgehead atoms. The van der Waals surface area contributed by atoms with Gasteiger partial charge < -0.3 is 5.32 Å². The molecule has 0 aliphatic carbocycles. The molecule has 3 rings (SSSR count). The third-order valence-electron chi connectivity index (χ3n) is 3.89. The molecule has 1 N–H and O–H groups in total. The highest BCUT2D eigenvalue weighted by molar-refractivity contribution is 7.18. The van der Waals surface area contributed by atoms with Crippen molar-refractivity contribution in [2.45, 2.75) is 32.9 Å². The molecule has 0 saturated heterocycles. The molecule has 7 heteroatoms. The fraction of sp³-hybridized carbons (Fsp3) is 0.333. The molecule has 0 saturated carbocycles. The van der Waals surface area contributed by atoms with E-state index >= 15 is 0 Å². The van der Waals surface area contributed by atoms with Crippen molar-refractivity contribution < 1.29 is 13.2 Å². The molecule has 0 atom stereocenters. The Morgan fingerprint density at radius 1 is 1.16 bits per heavy atom. The van der Waals surface area contributed by atoms with Crippen LogP contribution in [0.2, 0.25) is 0 Å². The van der Waals surface area contributed by atoms with Crippen LogP contribution in [0.3, 0.4) is 0 Å². The number of anilines is 1. The van der Waals surface area contributed by atoms with E-state index in [4.69, 9.17) is 0 Å². The lowest BCUT2D eigenvalue weighted by Crippen LogP contribution is -2.13. The molecule has 25 heavy (non-hydrogen) atoms. The second-order valence-corrected chi connectivity index (χ2v) is 6.98. The van der Waals surface area contributed by atoms with E-state index < -0.39 is 11.7 Å². The number of hydrogen-bond donors (Lipinski definition) is 1. The van der Waals surface area contributed by atoms with Crippen LogP contribution in [0.15, 0.2) is 30.3 Å². The van der Waals surface area contributed by atoms with E-state index in [1.165, 1.54) is 12.1 Å². The number of benzene rings is 1. The quantitative estimate of drug-likeness (QED) is 0.672. The maximum atomic E-state index is 13.1. The molecular formula is C18H18F3N3S. The average Bonchev–Trinajstić information content (AvgIpc) is 2.94. The molecule has 3 aromatic rings. The number of rotatable bonds is 5. The smallest absolute Gasteiger partial charge is 0.369 e. The number of nitrogens with one attached hydrogen (secondary N) is 1. The van der Waals surface area contributed by atoms with E-state index in [1.807, 2.05) is 19.9 Å². The average molecular weight is 365 g/mol. The van der Waals surface area contributed by atoms with Gasteiger partial charge in [0, 0.05) is 17.8 Å². The van der Waals surface area contributed by atoms with E-state index in [2.05, 4.69) is 15.3 Å². The van der Waals surface area contributed by atoms with Gasteiger partial charge in [-0.2, -0.15) is 13.2 Å². The van der Waals surface area contributed by atoms with Gasteiger partial charge in [0.25, 0.3) is 0 Å². The number of halogens is 3. The molecule has 3 nitrogen and oxygen atoms in total. The molecule has 0 radical (unpaired) electrons. The Labute approximate surface area is 147 Å². The second-order valence-electron chi connectivity index (χ2n) is 5.75. The van der Waals surface area contributed by atoms with Gasteiger partial charge in [-0.3, -0.25) is 0 Å². The number of hydrogen-bond acceptors (Lipinski definition) is 4. The molecule has 0 aliphatic heterocycles. The number of nitrogens with zero attached hydrogens (tertiary/aromatic N) is 2. The van der Waals surface area contributed by atoms with E-state index in [9.17, 15) is 13.2 Å². The highest BCUT2D eigenvalue weighted by atomic mass is 32.1. The van der Waals surface area contributed by atoms with Gasteiger partial charge in [0.15, 0.2) is 0 Å². The largest absolute Gasteiger partial charge is 0.416 e. The lowest BCUT2D eigenvalue weighted by atomic mass is 10.0. The first-order valence-corrected chi connectivity index (χ1v) is 8.86. The van der Waals surface area contributed by atoms with Crippen LogP contribution in [0.1, 0.15) is 28.8 Å².